The Labute approximate surface area is 124 Å². The fourth-order valence-corrected chi connectivity index (χ4v) is 2.93. The maximum absolute atomic E-state index is 13.2. The lowest BCUT2D eigenvalue weighted by Gasteiger charge is -2.35. The molecule has 0 unspecified atom stereocenters. The molecular formula is C12H15F2O7P. The molecule has 124 valence electrons. The van der Waals surface area contributed by atoms with E-state index >= 15 is 0 Å². The topological polar surface area (TPSA) is 116 Å². The van der Waals surface area contributed by atoms with Gasteiger partial charge in [0.15, 0.2) is 23.1 Å². The summed E-state index contributed by atoms with van der Waals surface area (Å²) in [5.41, 5.74) is 0. The zero-order valence-electron chi connectivity index (χ0n) is 11.2. The van der Waals surface area contributed by atoms with Crippen LogP contribution in [0.1, 0.15) is 6.42 Å². The first kappa shape index (κ1) is 17.1. The fourth-order valence-electron chi connectivity index (χ4n) is 2.14. The molecule has 1 aliphatic rings. The lowest BCUT2D eigenvalue weighted by molar-refractivity contribution is -0.119. The Morgan fingerprint density at radius 2 is 1.95 bits per heavy atom. The maximum Gasteiger partial charge on any atom is 0.328 e. The van der Waals surface area contributed by atoms with Gasteiger partial charge in [-0.25, -0.2) is 8.78 Å². The van der Waals surface area contributed by atoms with Crippen LogP contribution >= 0.6 is 7.60 Å². The van der Waals surface area contributed by atoms with Crippen LogP contribution in [0.3, 0.4) is 0 Å². The number of aliphatic hydroxyl groups is 1. The summed E-state index contributed by atoms with van der Waals surface area (Å²) in [5.74, 6) is -3.51. The van der Waals surface area contributed by atoms with Gasteiger partial charge in [-0.05, 0) is 0 Å². The van der Waals surface area contributed by atoms with Crippen molar-refractivity contribution in [3.05, 3.63) is 23.8 Å². The van der Waals surface area contributed by atoms with Gasteiger partial charge >= 0.3 is 7.60 Å². The minimum Gasteiger partial charge on any atom is -0.504 e. The van der Waals surface area contributed by atoms with Gasteiger partial charge in [0.25, 0.3) is 0 Å². The van der Waals surface area contributed by atoms with Crippen molar-refractivity contribution in [2.45, 2.75) is 24.7 Å². The molecule has 0 aliphatic carbocycles. The van der Waals surface area contributed by atoms with E-state index in [0.717, 1.165) is 0 Å². The van der Waals surface area contributed by atoms with Gasteiger partial charge in [0.1, 0.15) is 12.2 Å². The van der Waals surface area contributed by atoms with Crippen molar-refractivity contribution in [2.75, 3.05) is 12.8 Å². The van der Waals surface area contributed by atoms with Crippen LogP contribution < -0.4 is 4.74 Å². The van der Waals surface area contributed by atoms with E-state index in [1.165, 1.54) is 0 Å². The minimum atomic E-state index is -4.40. The molecule has 7 nitrogen and oxygen atoms in total. The highest BCUT2D eigenvalue weighted by atomic mass is 31.2. The first-order chi connectivity index (χ1) is 10.2. The quantitative estimate of drug-likeness (QED) is 0.598. The standard InChI is InChI=1S/C12H15F2O7P/c13-6-3-8(15)10(4-7(6)14)21-9-1-2-20-11(12(9)16)5-22(17,18)19/h3-4,9,11-12,15-16H,1-2,5H2,(H2,17,18,19)/t9-,11-,12+/m0/s1. The molecule has 0 aromatic heterocycles. The highest BCUT2D eigenvalue weighted by Crippen LogP contribution is 2.38. The van der Waals surface area contributed by atoms with Gasteiger partial charge in [0, 0.05) is 18.6 Å². The number of ether oxygens (including phenoxy) is 2. The van der Waals surface area contributed by atoms with Crippen LogP contribution in [0, 0.1) is 11.6 Å². The Morgan fingerprint density at radius 3 is 2.59 bits per heavy atom. The molecule has 2 rings (SSSR count). The Balaban J connectivity index is 2.12. The summed E-state index contributed by atoms with van der Waals surface area (Å²) in [4.78, 5) is 17.8. The van der Waals surface area contributed by atoms with Crippen molar-refractivity contribution < 1.29 is 42.8 Å². The summed E-state index contributed by atoms with van der Waals surface area (Å²) >= 11 is 0. The first-order valence-electron chi connectivity index (χ1n) is 6.36. The smallest absolute Gasteiger partial charge is 0.328 e. The molecule has 3 atom stereocenters. The van der Waals surface area contributed by atoms with Crippen LogP contribution in [0.4, 0.5) is 8.78 Å². The number of benzene rings is 1. The van der Waals surface area contributed by atoms with E-state index in [0.29, 0.717) is 12.1 Å². The number of aliphatic hydroxyl groups excluding tert-OH is 1. The number of rotatable bonds is 4. The van der Waals surface area contributed by atoms with Gasteiger partial charge < -0.3 is 29.5 Å². The van der Waals surface area contributed by atoms with Crippen molar-refractivity contribution >= 4 is 7.60 Å². The van der Waals surface area contributed by atoms with E-state index in [4.69, 9.17) is 19.3 Å². The molecule has 1 fully saturated rings. The predicted octanol–water partition coefficient (Wildman–Crippen LogP) is 0.745. The van der Waals surface area contributed by atoms with Crippen LogP contribution in [-0.4, -0.2) is 51.1 Å². The molecule has 0 radical (unpaired) electrons. The SMILES string of the molecule is O=P(O)(O)C[C@@H]1OCC[C@H](Oc2cc(F)c(F)cc2O)[C@H]1O. The molecule has 1 heterocycles. The predicted molar refractivity (Wildman–Crippen MR) is 69.7 cm³/mol. The Kier molecular flexibility index (Phi) is 5.03. The molecule has 0 spiro atoms. The first-order valence-corrected chi connectivity index (χ1v) is 8.16. The number of phenols is 1. The number of aromatic hydroxyl groups is 1. The molecule has 4 N–H and O–H groups in total. The molecular weight excluding hydrogens is 325 g/mol. The van der Waals surface area contributed by atoms with E-state index in [1.807, 2.05) is 0 Å². The van der Waals surface area contributed by atoms with Gasteiger partial charge in [0.05, 0.1) is 18.9 Å². The number of hydrogen-bond acceptors (Lipinski definition) is 5. The second kappa shape index (κ2) is 6.47. The van der Waals surface area contributed by atoms with Crippen LogP contribution in [-0.2, 0) is 9.30 Å². The zero-order chi connectivity index (χ0) is 16.5. The summed E-state index contributed by atoms with van der Waals surface area (Å²) in [6.45, 7) is 0.0524. The van der Waals surface area contributed by atoms with Crippen molar-refractivity contribution in [2.24, 2.45) is 0 Å². The normalized spacial score (nSPS) is 26.0. The number of phenolic OH excluding ortho intramolecular Hbond substituents is 1. The highest BCUT2D eigenvalue weighted by molar-refractivity contribution is 7.51. The monoisotopic (exact) mass is 340 g/mol. The summed E-state index contributed by atoms with van der Waals surface area (Å²) in [6.07, 6.45) is -4.09. The zero-order valence-corrected chi connectivity index (χ0v) is 12.1. The second-order valence-corrected chi connectivity index (χ2v) is 6.62. The van der Waals surface area contributed by atoms with Crippen molar-refractivity contribution in [1.82, 2.24) is 0 Å². The van der Waals surface area contributed by atoms with Gasteiger partial charge in [0.2, 0.25) is 0 Å². The van der Waals surface area contributed by atoms with Crippen LogP contribution in [0.5, 0.6) is 11.5 Å². The van der Waals surface area contributed by atoms with E-state index in [-0.39, 0.29) is 18.8 Å². The molecule has 1 aromatic rings. The van der Waals surface area contributed by atoms with Crippen molar-refractivity contribution in [1.29, 1.82) is 0 Å². The molecule has 0 amide bonds. The molecule has 0 bridgehead atoms. The summed E-state index contributed by atoms with van der Waals surface area (Å²) < 4.78 is 47.4. The Hall–Kier alpha value is -1.25. The third-order valence-corrected chi connectivity index (χ3v) is 4.03. The molecule has 0 saturated carbocycles. The average molecular weight is 340 g/mol. The van der Waals surface area contributed by atoms with Crippen molar-refractivity contribution in [3.8, 4) is 11.5 Å². The van der Waals surface area contributed by atoms with Gasteiger partial charge in [-0.3, -0.25) is 4.57 Å². The molecule has 1 saturated heterocycles. The van der Waals surface area contributed by atoms with Crippen molar-refractivity contribution in [3.63, 3.8) is 0 Å². The van der Waals surface area contributed by atoms with Gasteiger partial charge in [-0.15, -0.1) is 0 Å². The molecule has 1 aromatic carbocycles. The van der Waals surface area contributed by atoms with Gasteiger partial charge in [-0.1, -0.05) is 0 Å². The third-order valence-electron chi connectivity index (χ3n) is 3.19. The summed E-state index contributed by atoms with van der Waals surface area (Å²) in [7, 11) is -4.40. The largest absolute Gasteiger partial charge is 0.504 e. The van der Waals surface area contributed by atoms with E-state index in [1.54, 1.807) is 0 Å². The highest BCUT2D eigenvalue weighted by Gasteiger charge is 2.38. The number of hydrogen-bond donors (Lipinski definition) is 4. The second-order valence-electron chi connectivity index (χ2n) is 4.93. The molecule has 1 aliphatic heterocycles. The Morgan fingerprint density at radius 1 is 1.32 bits per heavy atom. The third kappa shape index (κ3) is 4.15. The summed E-state index contributed by atoms with van der Waals surface area (Å²) in [6, 6.07) is 1.16. The lowest BCUT2D eigenvalue weighted by atomic mass is 10.0. The van der Waals surface area contributed by atoms with Crippen LogP contribution in [0.15, 0.2) is 12.1 Å². The van der Waals surface area contributed by atoms with Crippen LogP contribution in [0.2, 0.25) is 0 Å². The van der Waals surface area contributed by atoms with E-state index < -0.39 is 49.5 Å². The Bertz CT molecular complexity index is 591. The van der Waals surface area contributed by atoms with Crippen LogP contribution in [0.25, 0.3) is 0 Å². The molecule has 10 heteroatoms. The average Bonchev–Trinajstić information content (AvgIpc) is 2.39. The minimum absolute atomic E-state index is 0.0524. The maximum atomic E-state index is 13.2. The van der Waals surface area contributed by atoms with E-state index in [9.17, 15) is 23.6 Å². The lowest BCUT2D eigenvalue weighted by Crippen LogP contribution is -2.48. The molecule has 22 heavy (non-hydrogen) atoms. The summed E-state index contributed by atoms with van der Waals surface area (Å²) in [5, 5.41) is 19.5. The van der Waals surface area contributed by atoms with E-state index in [2.05, 4.69) is 0 Å². The number of halogens is 2. The van der Waals surface area contributed by atoms with Gasteiger partial charge in [-0.2, -0.15) is 0 Å². The fraction of sp³-hybridized carbons (Fsp3) is 0.500.